The van der Waals surface area contributed by atoms with Gasteiger partial charge in [-0.25, -0.2) is 4.79 Å². The molecule has 0 bridgehead atoms. The number of carbonyl (C=O) groups is 1. The molecule has 4 rings (SSSR count). The van der Waals surface area contributed by atoms with Crippen molar-refractivity contribution in [2.75, 3.05) is 13.4 Å². The molecule has 3 aromatic rings. The average molecular weight is 430 g/mol. The summed E-state index contributed by atoms with van der Waals surface area (Å²) < 4.78 is 20.7. The zero-order valence-electron chi connectivity index (χ0n) is 15.8. The molecule has 1 aromatic heterocycles. The smallest absolute Gasteiger partial charge is 0.347 e. The molecular weight excluding hydrogens is 414 g/mol. The minimum absolute atomic E-state index is 0.151. The number of halogens is 1. The largest absolute Gasteiger partial charge is 0.454 e. The van der Waals surface area contributed by atoms with Crippen molar-refractivity contribution in [2.45, 2.75) is 13.5 Å². The lowest BCUT2D eigenvalue weighted by Crippen LogP contribution is -2.11. The van der Waals surface area contributed by atoms with Gasteiger partial charge in [-0.05, 0) is 37.3 Å². The number of carbonyl (C=O) groups excluding carboxylic acids is 1. The summed E-state index contributed by atoms with van der Waals surface area (Å²) in [6.45, 7) is 1.40. The molecule has 1 aliphatic heterocycles. The summed E-state index contributed by atoms with van der Waals surface area (Å²) in [5, 5.41) is 8.32. The highest BCUT2D eigenvalue weighted by Gasteiger charge is 2.15. The number of fused-ring (bicyclic) bond motifs is 1. The molecule has 0 aliphatic carbocycles. The highest BCUT2D eigenvalue weighted by molar-refractivity contribution is 6.30. The van der Waals surface area contributed by atoms with Crippen LogP contribution >= 0.6 is 11.6 Å². The standard InChI is InChI=1S/C20H16ClN3O6/c1-12(13-5-6-16-17(8-13)28-11-27-16)23-29-10-19(25)26-9-18-22-20(24-30-18)14-3-2-4-15(21)7-14/h2-8H,9-11H2,1H3/b23-12+. The molecule has 0 saturated carbocycles. The Morgan fingerprint density at radius 1 is 1.20 bits per heavy atom. The van der Waals surface area contributed by atoms with E-state index < -0.39 is 5.97 Å². The quantitative estimate of drug-likeness (QED) is 0.318. The van der Waals surface area contributed by atoms with E-state index in [1.54, 1.807) is 43.3 Å². The van der Waals surface area contributed by atoms with Gasteiger partial charge in [0.05, 0.1) is 5.71 Å². The molecule has 2 heterocycles. The fourth-order valence-corrected chi connectivity index (χ4v) is 2.79. The summed E-state index contributed by atoms with van der Waals surface area (Å²) in [4.78, 5) is 21.1. The summed E-state index contributed by atoms with van der Waals surface area (Å²) in [5.41, 5.74) is 2.05. The molecular formula is C20H16ClN3O6. The number of aromatic nitrogens is 2. The number of rotatable bonds is 7. The lowest BCUT2D eigenvalue weighted by molar-refractivity contribution is -0.151. The predicted octanol–water partition coefficient (Wildman–Crippen LogP) is 3.60. The highest BCUT2D eigenvalue weighted by Crippen LogP contribution is 2.32. The van der Waals surface area contributed by atoms with E-state index in [0.717, 1.165) is 5.56 Å². The maximum atomic E-state index is 11.8. The topological polar surface area (TPSA) is 105 Å². The van der Waals surface area contributed by atoms with Crippen molar-refractivity contribution in [3.8, 4) is 22.9 Å². The summed E-state index contributed by atoms with van der Waals surface area (Å²) in [6, 6.07) is 12.4. The zero-order chi connectivity index (χ0) is 20.9. The van der Waals surface area contributed by atoms with E-state index in [2.05, 4.69) is 15.3 Å². The molecule has 0 spiro atoms. The first-order valence-electron chi connectivity index (χ1n) is 8.89. The SMILES string of the molecule is C/C(=N\OCC(=O)OCc1nc(-c2cccc(Cl)c2)no1)c1ccc2c(c1)OCO2. The van der Waals surface area contributed by atoms with Crippen LogP contribution in [0.2, 0.25) is 5.02 Å². The van der Waals surface area contributed by atoms with Gasteiger partial charge in [0.1, 0.15) is 0 Å². The molecule has 9 nitrogen and oxygen atoms in total. The van der Waals surface area contributed by atoms with Crippen molar-refractivity contribution >= 4 is 23.3 Å². The molecule has 0 N–H and O–H groups in total. The van der Waals surface area contributed by atoms with E-state index in [-0.39, 0.29) is 25.9 Å². The van der Waals surface area contributed by atoms with Gasteiger partial charge in [0.2, 0.25) is 19.2 Å². The number of hydrogen-bond acceptors (Lipinski definition) is 9. The van der Waals surface area contributed by atoms with Gasteiger partial charge in [-0.15, -0.1) is 0 Å². The summed E-state index contributed by atoms with van der Waals surface area (Å²) in [5.74, 6) is 1.19. The van der Waals surface area contributed by atoms with Gasteiger partial charge in [-0.2, -0.15) is 4.98 Å². The fourth-order valence-electron chi connectivity index (χ4n) is 2.60. The zero-order valence-corrected chi connectivity index (χ0v) is 16.6. The molecule has 0 amide bonds. The van der Waals surface area contributed by atoms with Crippen LogP contribution in [0.4, 0.5) is 0 Å². The van der Waals surface area contributed by atoms with Crippen molar-refractivity contribution in [3.63, 3.8) is 0 Å². The maximum absolute atomic E-state index is 11.8. The summed E-state index contributed by atoms with van der Waals surface area (Å²) >= 11 is 5.95. The van der Waals surface area contributed by atoms with E-state index in [1.807, 2.05) is 6.07 Å². The Balaban J connectivity index is 1.26. The van der Waals surface area contributed by atoms with E-state index in [1.165, 1.54) is 0 Å². The highest BCUT2D eigenvalue weighted by atomic mass is 35.5. The minimum Gasteiger partial charge on any atom is -0.454 e. The van der Waals surface area contributed by atoms with E-state index in [4.69, 9.17) is 35.2 Å². The molecule has 1 aliphatic rings. The summed E-state index contributed by atoms with van der Waals surface area (Å²) in [6.07, 6.45) is 0. The third-order valence-electron chi connectivity index (χ3n) is 4.08. The summed E-state index contributed by atoms with van der Waals surface area (Å²) in [7, 11) is 0. The molecule has 2 aromatic carbocycles. The van der Waals surface area contributed by atoms with Crippen LogP contribution in [0.25, 0.3) is 11.4 Å². The van der Waals surface area contributed by atoms with Crippen LogP contribution in [0.15, 0.2) is 52.1 Å². The second-order valence-corrected chi connectivity index (χ2v) is 6.64. The van der Waals surface area contributed by atoms with Gasteiger partial charge in [0.25, 0.3) is 5.89 Å². The van der Waals surface area contributed by atoms with Crippen molar-refractivity contribution in [2.24, 2.45) is 5.16 Å². The minimum atomic E-state index is -0.625. The Kier molecular flexibility index (Phi) is 5.80. The van der Waals surface area contributed by atoms with Crippen LogP contribution < -0.4 is 9.47 Å². The monoisotopic (exact) mass is 429 g/mol. The Morgan fingerprint density at radius 2 is 2.07 bits per heavy atom. The first-order chi connectivity index (χ1) is 14.6. The second-order valence-electron chi connectivity index (χ2n) is 6.20. The number of esters is 1. The van der Waals surface area contributed by atoms with Crippen molar-refractivity contribution in [1.82, 2.24) is 10.1 Å². The predicted molar refractivity (Wildman–Crippen MR) is 105 cm³/mol. The van der Waals surface area contributed by atoms with Crippen LogP contribution in [0.3, 0.4) is 0 Å². The van der Waals surface area contributed by atoms with E-state index in [9.17, 15) is 4.79 Å². The third-order valence-corrected chi connectivity index (χ3v) is 4.32. The van der Waals surface area contributed by atoms with Crippen LogP contribution in [-0.4, -0.2) is 35.2 Å². The molecule has 0 fully saturated rings. The number of benzene rings is 2. The first kappa shape index (κ1) is 19.7. The third kappa shape index (κ3) is 4.69. The van der Waals surface area contributed by atoms with Gasteiger partial charge in [-0.3, -0.25) is 0 Å². The first-order valence-corrected chi connectivity index (χ1v) is 9.27. The second kappa shape index (κ2) is 8.83. The molecule has 30 heavy (non-hydrogen) atoms. The lowest BCUT2D eigenvalue weighted by atomic mass is 10.1. The molecule has 10 heteroatoms. The maximum Gasteiger partial charge on any atom is 0.347 e. The Hall–Kier alpha value is -3.59. The van der Waals surface area contributed by atoms with Gasteiger partial charge >= 0.3 is 5.97 Å². The van der Waals surface area contributed by atoms with Crippen LogP contribution in [0.5, 0.6) is 11.5 Å². The lowest BCUT2D eigenvalue weighted by Gasteiger charge is -2.04. The Labute approximate surface area is 176 Å². The molecule has 154 valence electrons. The molecule has 0 saturated heterocycles. The molecule has 0 radical (unpaired) electrons. The number of hydrogen-bond donors (Lipinski definition) is 0. The number of nitrogens with zero attached hydrogens (tertiary/aromatic N) is 3. The van der Waals surface area contributed by atoms with E-state index in [0.29, 0.717) is 33.6 Å². The molecule has 0 unspecified atom stereocenters. The van der Waals surface area contributed by atoms with Crippen molar-refractivity contribution in [3.05, 3.63) is 58.9 Å². The van der Waals surface area contributed by atoms with Gasteiger partial charge in [-0.1, -0.05) is 34.0 Å². The van der Waals surface area contributed by atoms with Gasteiger partial charge in [0.15, 0.2) is 18.1 Å². The number of ether oxygens (including phenoxy) is 3. The Bertz CT molecular complexity index is 1100. The normalized spacial score (nSPS) is 12.7. The van der Waals surface area contributed by atoms with Gasteiger partial charge in [0, 0.05) is 16.1 Å². The number of oxime groups is 1. The van der Waals surface area contributed by atoms with Crippen LogP contribution in [-0.2, 0) is 21.0 Å². The van der Waals surface area contributed by atoms with Crippen LogP contribution in [0.1, 0.15) is 18.4 Å². The van der Waals surface area contributed by atoms with E-state index >= 15 is 0 Å². The average Bonchev–Trinajstić information content (AvgIpc) is 3.41. The van der Waals surface area contributed by atoms with Gasteiger partial charge < -0.3 is 23.6 Å². The van der Waals surface area contributed by atoms with Crippen molar-refractivity contribution in [1.29, 1.82) is 0 Å². The molecule has 0 atom stereocenters. The fraction of sp³-hybridized carbons (Fsp3) is 0.200. The van der Waals surface area contributed by atoms with Crippen LogP contribution in [0, 0.1) is 0 Å². The van der Waals surface area contributed by atoms with Crippen molar-refractivity contribution < 1.29 is 28.4 Å². The Morgan fingerprint density at radius 3 is 2.93 bits per heavy atom.